The van der Waals surface area contributed by atoms with Gasteiger partial charge in [-0.2, -0.15) is 0 Å². The normalized spacial score (nSPS) is 28.9. The van der Waals surface area contributed by atoms with Gasteiger partial charge < -0.3 is 5.32 Å². The van der Waals surface area contributed by atoms with E-state index in [4.69, 9.17) is 0 Å². The summed E-state index contributed by atoms with van der Waals surface area (Å²) in [5.74, 6) is 2.40. The summed E-state index contributed by atoms with van der Waals surface area (Å²) in [6, 6.07) is 9.03. The lowest BCUT2D eigenvalue weighted by Gasteiger charge is -2.27. The van der Waals surface area contributed by atoms with Gasteiger partial charge in [0.1, 0.15) is 0 Å². The fourth-order valence-corrected chi connectivity index (χ4v) is 3.99. The third-order valence-electron chi connectivity index (χ3n) is 5.04. The molecule has 1 aromatic heterocycles. The molecule has 0 aliphatic heterocycles. The van der Waals surface area contributed by atoms with E-state index < -0.39 is 0 Å². The van der Waals surface area contributed by atoms with Gasteiger partial charge in [0.15, 0.2) is 0 Å². The third kappa shape index (κ3) is 1.91. The maximum absolute atomic E-state index is 4.27. The molecule has 1 aromatic carbocycles. The van der Waals surface area contributed by atoms with Crippen LogP contribution in [0.1, 0.15) is 19.8 Å². The van der Waals surface area contributed by atoms with Crippen molar-refractivity contribution in [1.82, 2.24) is 4.98 Å². The second-order valence-electron chi connectivity index (χ2n) is 6.28. The molecule has 2 bridgehead atoms. The standard InChI is InChI=1S/C18H20N2/c1-12(16-10-13-5-6-15(16)9-13)20-18-4-2-3-14-7-8-19-11-17(14)18/h2-8,11-13,15-16,20H,9-10H2,1H3. The molecule has 2 aromatic rings. The van der Waals surface area contributed by atoms with Crippen LogP contribution in [0, 0.1) is 17.8 Å². The van der Waals surface area contributed by atoms with E-state index in [9.17, 15) is 0 Å². The fourth-order valence-electron chi connectivity index (χ4n) is 3.99. The van der Waals surface area contributed by atoms with Gasteiger partial charge in [0, 0.05) is 29.5 Å². The lowest BCUT2D eigenvalue weighted by molar-refractivity contribution is 0.400. The van der Waals surface area contributed by atoms with Crippen LogP contribution in [-0.2, 0) is 0 Å². The molecule has 2 nitrogen and oxygen atoms in total. The molecule has 4 atom stereocenters. The summed E-state index contributed by atoms with van der Waals surface area (Å²) in [6.45, 7) is 2.33. The molecule has 4 rings (SSSR count). The zero-order valence-electron chi connectivity index (χ0n) is 11.8. The Morgan fingerprint density at radius 2 is 2.15 bits per heavy atom. The first-order valence-electron chi connectivity index (χ1n) is 7.59. The molecule has 20 heavy (non-hydrogen) atoms. The van der Waals surface area contributed by atoms with Crippen LogP contribution in [0.25, 0.3) is 10.8 Å². The number of anilines is 1. The zero-order chi connectivity index (χ0) is 13.5. The molecule has 102 valence electrons. The predicted molar refractivity (Wildman–Crippen MR) is 83.7 cm³/mol. The van der Waals surface area contributed by atoms with Crippen molar-refractivity contribution < 1.29 is 0 Å². The molecule has 1 fully saturated rings. The molecular formula is C18H20N2. The van der Waals surface area contributed by atoms with Crippen LogP contribution in [0.5, 0.6) is 0 Å². The van der Waals surface area contributed by atoms with E-state index >= 15 is 0 Å². The number of nitrogens with one attached hydrogen (secondary N) is 1. The van der Waals surface area contributed by atoms with Crippen LogP contribution in [0.4, 0.5) is 5.69 Å². The number of hydrogen-bond acceptors (Lipinski definition) is 2. The average Bonchev–Trinajstić information content (AvgIpc) is 3.10. The van der Waals surface area contributed by atoms with Crippen molar-refractivity contribution in [2.75, 3.05) is 5.32 Å². The van der Waals surface area contributed by atoms with Crippen LogP contribution in [-0.4, -0.2) is 11.0 Å². The molecule has 0 saturated heterocycles. The quantitative estimate of drug-likeness (QED) is 0.838. The molecule has 2 heteroatoms. The minimum atomic E-state index is 0.515. The number of fused-ring (bicyclic) bond motifs is 3. The van der Waals surface area contributed by atoms with Gasteiger partial charge in [0.2, 0.25) is 0 Å². The molecule has 0 spiro atoms. The van der Waals surface area contributed by atoms with E-state index in [1.807, 2.05) is 12.4 Å². The van der Waals surface area contributed by atoms with Gasteiger partial charge in [-0.25, -0.2) is 0 Å². The highest BCUT2D eigenvalue weighted by Gasteiger charge is 2.38. The summed E-state index contributed by atoms with van der Waals surface area (Å²) >= 11 is 0. The van der Waals surface area contributed by atoms with E-state index in [0.29, 0.717) is 6.04 Å². The number of aromatic nitrogens is 1. The Hall–Kier alpha value is -1.83. The van der Waals surface area contributed by atoms with Gasteiger partial charge in [-0.15, -0.1) is 0 Å². The maximum atomic E-state index is 4.27. The van der Waals surface area contributed by atoms with E-state index in [1.165, 1.54) is 29.3 Å². The molecule has 2 aliphatic rings. The predicted octanol–water partition coefficient (Wildman–Crippen LogP) is 4.25. The molecular weight excluding hydrogens is 244 g/mol. The van der Waals surface area contributed by atoms with Crippen LogP contribution in [0.15, 0.2) is 48.8 Å². The highest BCUT2D eigenvalue weighted by atomic mass is 14.9. The fraction of sp³-hybridized carbons (Fsp3) is 0.389. The molecule has 4 unspecified atom stereocenters. The summed E-state index contributed by atoms with van der Waals surface area (Å²) in [4.78, 5) is 4.27. The lowest BCUT2D eigenvalue weighted by Crippen LogP contribution is -2.28. The Morgan fingerprint density at radius 1 is 1.20 bits per heavy atom. The monoisotopic (exact) mass is 264 g/mol. The maximum Gasteiger partial charge on any atom is 0.0437 e. The van der Waals surface area contributed by atoms with Crippen LogP contribution < -0.4 is 5.32 Å². The second kappa shape index (κ2) is 4.62. The van der Waals surface area contributed by atoms with Gasteiger partial charge in [0.05, 0.1) is 0 Å². The first-order valence-corrected chi connectivity index (χ1v) is 7.59. The number of allylic oxidation sites excluding steroid dienone is 2. The van der Waals surface area contributed by atoms with Gasteiger partial charge in [-0.3, -0.25) is 4.98 Å². The highest BCUT2D eigenvalue weighted by Crippen LogP contribution is 2.45. The van der Waals surface area contributed by atoms with Crippen LogP contribution in [0.2, 0.25) is 0 Å². The molecule has 0 radical (unpaired) electrons. The summed E-state index contributed by atoms with van der Waals surface area (Å²) in [5.41, 5.74) is 1.22. The van der Waals surface area contributed by atoms with Crippen molar-refractivity contribution in [2.24, 2.45) is 17.8 Å². The van der Waals surface area contributed by atoms with E-state index in [-0.39, 0.29) is 0 Å². The van der Waals surface area contributed by atoms with E-state index in [1.54, 1.807) is 0 Å². The number of hydrogen-bond donors (Lipinski definition) is 1. The summed E-state index contributed by atoms with van der Waals surface area (Å²) in [6.07, 6.45) is 11.4. The van der Waals surface area contributed by atoms with Crippen molar-refractivity contribution in [2.45, 2.75) is 25.8 Å². The van der Waals surface area contributed by atoms with Gasteiger partial charge in [-0.1, -0.05) is 24.3 Å². The first-order chi connectivity index (χ1) is 9.81. The summed E-state index contributed by atoms with van der Waals surface area (Å²) in [5, 5.41) is 6.22. The Labute approximate surface area is 119 Å². The second-order valence-corrected chi connectivity index (χ2v) is 6.28. The zero-order valence-corrected chi connectivity index (χ0v) is 11.8. The molecule has 1 heterocycles. The third-order valence-corrected chi connectivity index (χ3v) is 5.04. The van der Waals surface area contributed by atoms with Gasteiger partial charge >= 0.3 is 0 Å². The molecule has 2 aliphatic carbocycles. The topological polar surface area (TPSA) is 24.9 Å². The number of nitrogens with zero attached hydrogens (tertiary/aromatic N) is 1. The minimum absolute atomic E-state index is 0.515. The Bertz CT molecular complexity index is 656. The van der Waals surface area contributed by atoms with Crippen molar-refractivity contribution in [3.63, 3.8) is 0 Å². The first kappa shape index (κ1) is 12.0. The Morgan fingerprint density at radius 3 is 2.95 bits per heavy atom. The molecule has 1 N–H and O–H groups in total. The summed E-state index contributed by atoms with van der Waals surface area (Å²) in [7, 11) is 0. The van der Waals surface area contributed by atoms with Crippen LogP contribution >= 0.6 is 0 Å². The summed E-state index contributed by atoms with van der Waals surface area (Å²) < 4.78 is 0. The number of pyridine rings is 1. The Balaban J connectivity index is 1.60. The average molecular weight is 264 g/mol. The van der Waals surface area contributed by atoms with Crippen molar-refractivity contribution >= 4 is 16.5 Å². The van der Waals surface area contributed by atoms with Crippen molar-refractivity contribution in [3.8, 4) is 0 Å². The SMILES string of the molecule is CC(Nc1cccc2ccncc12)C1CC2C=CC1C2. The van der Waals surface area contributed by atoms with E-state index in [2.05, 4.69) is 53.6 Å². The lowest BCUT2D eigenvalue weighted by atomic mass is 9.87. The largest absolute Gasteiger partial charge is 0.382 e. The molecule has 1 saturated carbocycles. The number of rotatable bonds is 3. The van der Waals surface area contributed by atoms with Crippen molar-refractivity contribution in [3.05, 3.63) is 48.8 Å². The van der Waals surface area contributed by atoms with E-state index in [0.717, 1.165) is 17.8 Å². The molecule has 0 amide bonds. The van der Waals surface area contributed by atoms with Gasteiger partial charge in [-0.05, 0) is 55.0 Å². The van der Waals surface area contributed by atoms with Crippen molar-refractivity contribution in [1.29, 1.82) is 0 Å². The Kier molecular flexibility index (Phi) is 2.76. The van der Waals surface area contributed by atoms with Crippen LogP contribution in [0.3, 0.4) is 0 Å². The smallest absolute Gasteiger partial charge is 0.0437 e. The highest BCUT2D eigenvalue weighted by molar-refractivity contribution is 5.93. The van der Waals surface area contributed by atoms with Gasteiger partial charge in [0.25, 0.3) is 0 Å². The minimum Gasteiger partial charge on any atom is -0.382 e. The number of benzene rings is 1.